The van der Waals surface area contributed by atoms with Gasteiger partial charge in [0.2, 0.25) is 88.6 Å². The van der Waals surface area contributed by atoms with Gasteiger partial charge in [0.05, 0.1) is 25.7 Å². The number of aliphatic hydroxyl groups is 2. The van der Waals surface area contributed by atoms with Crippen molar-refractivity contribution in [1.82, 2.24) is 79.3 Å². The third-order valence-electron chi connectivity index (χ3n) is 18.3. The maximum atomic E-state index is 14.3. The number of nitrogens with zero attached hydrogens (tertiary/aromatic N) is 1. The highest BCUT2D eigenvalue weighted by Gasteiger charge is 2.41. The first-order valence-electron chi connectivity index (χ1n) is 37.8. The topological polar surface area (TPSA) is 708 Å². The van der Waals surface area contributed by atoms with E-state index in [9.17, 15) is 112 Å². The summed E-state index contributed by atoms with van der Waals surface area (Å²) in [6.45, 7) is 13.7. The first kappa shape index (κ1) is 102. The number of carboxylic acids is 3. The van der Waals surface area contributed by atoms with Crippen LogP contribution in [0.1, 0.15) is 166 Å². The summed E-state index contributed by atoms with van der Waals surface area (Å²) in [4.78, 5) is 242. The molecule has 1 heterocycles. The maximum absolute atomic E-state index is 14.3. The van der Waals surface area contributed by atoms with Gasteiger partial charge in [0.1, 0.15) is 84.6 Å². The van der Waals surface area contributed by atoms with E-state index in [-0.39, 0.29) is 95.1 Å². The van der Waals surface area contributed by atoms with Crippen molar-refractivity contribution in [3.63, 3.8) is 0 Å². The van der Waals surface area contributed by atoms with Gasteiger partial charge in [-0.3, -0.25) is 86.9 Å². The van der Waals surface area contributed by atoms with Gasteiger partial charge in [0.25, 0.3) is 0 Å². The van der Waals surface area contributed by atoms with Crippen LogP contribution in [-0.2, 0) is 86.3 Å². The quantitative estimate of drug-likeness (QED) is 0.0153. The average molecular weight is 1640 g/mol. The number of unbranched alkanes of at least 4 members (excludes halogenated alkanes) is 1. The molecule has 43 nitrogen and oxygen atoms in total. The molecule has 0 aromatic carbocycles. The van der Waals surface area contributed by atoms with Gasteiger partial charge in [-0.25, -0.2) is 4.79 Å². The van der Waals surface area contributed by atoms with Crippen LogP contribution in [0.15, 0.2) is 0 Å². The van der Waals surface area contributed by atoms with Crippen molar-refractivity contribution in [2.24, 2.45) is 46.6 Å². The molecule has 0 saturated carbocycles. The summed E-state index contributed by atoms with van der Waals surface area (Å²) in [6, 6.07) is -20.9. The molecule has 15 amide bonds. The Hall–Kier alpha value is -10.1. The zero-order valence-electron chi connectivity index (χ0n) is 66.6. The minimum absolute atomic E-state index is 0.0241. The summed E-state index contributed by atoms with van der Waals surface area (Å²) in [5.41, 5.74) is 22.0. The molecule has 28 N–H and O–H groups in total. The summed E-state index contributed by atoms with van der Waals surface area (Å²) in [7, 11) is 0. The van der Waals surface area contributed by atoms with Crippen molar-refractivity contribution in [3.8, 4) is 0 Å². The van der Waals surface area contributed by atoms with Crippen LogP contribution < -0.4 is 97.4 Å². The van der Waals surface area contributed by atoms with Gasteiger partial charge in [0.15, 0.2) is 5.96 Å². The van der Waals surface area contributed by atoms with Crippen LogP contribution in [0.25, 0.3) is 0 Å². The molecular weight excluding hydrogens is 1520 g/mol. The lowest BCUT2D eigenvalue weighted by molar-refractivity contribution is -0.144. The highest BCUT2D eigenvalue weighted by atomic mass is 32.2. The SMILES string of the molecule is CC[C@H](C)[C@H](NC(=O)[C@H](CCC(=O)O)NC(=O)[C@@H](NC(=O)CNC(=O)[C@H](CCCCN)NC(=O)[C@@H]1CCCN1C(=O)[C@H](C)NC(=O)[C@H](CCC(=O)O)NC(=O)[C@H](CCSC)NC(=O)[C@@H](NC(=O)[C@H](CC(C)C)NC(=O)[C@H](CO)NC(=O)[C@H](CCCNC(=N)N)NC(=O)[C@@H](N)[C@@H](C)O)C(C)C)C(C)C)C(=O)N[C@@H](CC(N)=O)C(=O)O. The number of nitrogens with two attached hydrogens (primary N) is 4. The smallest absolute Gasteiger partial charge is 0.326 e. The Labute approximate surface area is 665 Å². The lowest BCUT2D eigenvalue weighted by Gasteiger charge is -2.30. The molecule has 0 bridgehead atoms. The molecule has 1 aliphatic heterocycles. The van der Waals surface area contributed by atoms with Crippen molar-refractivity contribution in [3.05, 3.63) is 0 Å². The molecule has 1 aliphatic rings. The van der Waals surface area contributed by atoms with Crippen molar-refractivity contribution in [2.75, 3.05) is 44.8 Å². The van der Waals surface area contributed by atoms with E-state index in [1.807, 2.05) is 0 Å². The molecule has 0 aromatic heterocycles. The standard InChI is InChI=1S/C70H122N20O23S/c1-12-36(8)55(67(110)85-45(69(112)113)30-48(72)93)89-60(103)42(21-23-51(97)98)82-65(108)53(34(4)5)87-49(94)31-77-56(99)39(17-13-14-25-71)80-63(106)47-19-16-27-90(47)68(111)37(9)78-57(100)41(20-22-50(95)96)79-59(102)43(24-28-114-11)83-66(109)54(35(6)7)88-61(104)44(29-33(2)3)84-62(105)46(32-91)86-58(101)40(18-15-26-76-70(74)75)81-64(107)52(73)38(10)92/h33-47,52-55,91-92H,12-32,71,73H2,1-11H3,(H2,72,93)(H,77,99)(H,78,100)(H,79,102)(H,80,106)(H,81,107)(H,82,108)(H,83,109)(H,84,105)(H,85,110)(H,86,101)(H,87,94)(H,88,104)(H,89,103)(H,95,96)(H,97,98)(H,112,113)(H4,74,75,76)/t36-,37-,38+,39-,40-,41-,42-,43-,44-,45-,46-,47-,52-,53-,54-,55-/m0/s1. The van der Waals surface area contributed by atoms with Gasteiger partial charge in [-0.2, -0.15) is 11.8 Å². The summed E-state index contributed by atoms with van der Waals surface area (Å²) < 4.78 is 0. The number of nitrogens with one attached hydrogen (secondary N) is 15. The fraction of sp³-hybridized carbons (Fsp3) is 0.729. The van der Waals surface area contributed by atoms with Crippen LogP contribution in [-0.4, -0.2) is 278 Å². The molecule has 1 rings (SSSR count). The molecule has 0 radical (unpaired) electrons. The van der Waals surface area contributed by atoms with Crippen LogP contribution in [0.4, 0.5) is 0 Å². The number of thioether (sulfide) groups is 1. The number of hydrogen-bond acceptors (Lipinski definition) is 24. The molecule has 16 atom stereocenters. The van der Waals surface area contributed by atoms with Crippen LogP contribution in [0.2, 0.25) is 0 Å². The van der Waals surface area contributed by atoms with Crippen LogP contribution in [0.3, 0.4) is 0 Å². The molecule has 44 heteroatoms. The molecule has 1 saturated heterocycles. The second-order valence-corrected chi connectivity index (χ2v) is 30.0. The number of amides is 15. The van der Waals surface area contributed by atoms with Gasteiger partial charge >= 0.3 is 17.9 Å². The summed E-state index contributed by atoms with van der Waals surface area (Å²) in [5, 5.41) is 90.9. The fourth-order valence-corrected chi connectivity index (χ4v) is 12.0. The molecule has 0 spiro atoms. The first-order chi connectivity index (χ1) is 53.3. The summed E-state index contributed by atoms with van der Waals surface area (Å²) in [6.07, 6.45) is -1.74. The third kappa shape index (κ3) is 37.3. The highest BCUT2D eigenvalue weighted by Crippen LogP contribution is 2.21. The zero-order valence-corrected chi connectivity index (χ0v) is 67.4. The number of aliphatic carboxylic acids is 3. The Bertz CT molecular complexity index is 3320. The van der Waals surface area contributed by atoms with Crippen LogP contribution >= 0.6 is 11.8 Å². The number of carboxylic acid groups (broad SMARTS) is 3. The normalized spacial score (nSPS) is 16.5. The zero-order chi connectivity index (χ0) is 87.0. The third-order valence-corrected chi connectivity index (χ3v) is 18.9. The monoisotopic (exact) mass is 1640 g/mol. The van der Waals surface area contributed by atoms with E-state index in [0.717, 1.165) is 4.90 Å². The Kier molecular flexibility index (Phi) is 46.8. The number of primary amides is 1. The first-order valence-corrected chi connectivity index (χ1v) is 39.2. The van der Waals surface area contributed by atoms with Crippen molar-refractivity contribution < 1.29 is 112 Å². The molecule has 1 fully saturated rings. The number of carbonyl (C=O) groups is 18. The van der Waals surface area contributed by atoms with Gasteiger partial charge < -0.3 is 128 Å². The fourth-order valence-electron chi connectivity index (χ4n) is 11.5. The van der Waals surface area contributed by atoms with Gasteiger partial charge in [-0.15, -0.1) is 0 Å². The van der Waals surface area contributed by atoms with Gasteiger partial charge in [-0.05, 0) is 127 Å². The lowest BCUT2D eigenvalue weighted by atomic mass is 9.96. The average Bonchev–Trinajstić information content (AvgIpc) is 1.65. The lowest BCUT2D eigenvalue weighted by Crippen LogP contribution is -2.61. The minimum Gasteiger partial charge on any atom is -0.481 e. The minimum atomic E-state index is -1.77. The number of aliphatic hydroxyl groups excluding tert-OH is 2. The van der Waals surface area contributed by atoms with E-state index in [2.05, 4.69) is 74.4 Å². The number of likely N-dealkylation sites (tertiary alicyclic amines) is 1. The predicted molar refractivity (Wildman–Crippen MR) is 412 cm³/mol. The molecule has 0 aliphatic carbocycles. The highest BCUT2D eigenvalue weighted by molar-refractivity contribution is 7.98. The van der Waals surface area contributed by atoms with E-state index in [1.165, 1.54) is 46.4 Å². The van der Waals surface area contributed by atoms with E-state index < -0.39 is 260 Å². The number of guanidine groups is 1. The van der Waals surface area contributed by atoms with Gasteiger partial charge in [0, 0.05) is 25.9 Å². The van der Waals surface area contributed by atoms with E-state index in [0.29, 0.717) is 6.42 Å². The number of hydrogen-bond donors (Lipinski definition) is 24. The Morgan fingerprint density at radius 3 is 1.46 bits per heavy atom. The summed E-state index contributed by atoms with van der Waals surface area (Å²) in [5.74, 6) is -21.3. The van der Waals surface area contributed by atoms with Crippen molar-refractivity contribution >= 4 is 124 Å². The largest absolute Gasteiger partial charge is 0.481 e. The Balaban J connectivity index is 3.40. The molecule has 114 heavy (non-hydrogen) atoms. The number of rotatable bonds is 55. The van der Waals surface area contributed by atoms with E-state index in [4.69, 9.17) is 28.3 Å². The van der Waals surface area contributed by atoms with E-state index >= 15 is 0 Å². The molecular formula is C70H122N20O23S. The van der Waals surface area contributed by atoms with Gasteiger partial charge in [-0.1, -0.05) is 61.8 Å². The number of carbonyl (C=O) groups excluding carboxylic acids is 15. The second-order valence-electron chi connectivity index (χ2n) is 29.0. The second kappa shape index (κ2) is 52.3. The Morgan fingerprint density at radius 1 is 0.518 bits per heavy atom. The predicted octanol–water partition coefficient (Wildman–Crippen LogP) is -7.13. The van der Waals surface area contributed by atoms with Crippen LogP contribution in [0, 0.1) is 29.1 Å². The Morgan fingerprint density at radius 2 is 0.965 bits per heavy atom. The van der Waals surface area contributed by atoms with Crippen molar-refractivity contribution in [2.45, 2.75) is 256 Å². The summed E-state index contributed by atoms with van der Waals surface area (Å²) >= 11 is 1.27. The molecule has 0 aromatic rings. The van der Waals surface area contributed by atoms with E-state index in [1.54, 1.807) is 40.9 Å². The molecule has 0 unspecified atom stereocenters. The molecule has 646 valence electrons. The van der Waals surface area contributed by atoms with Crippen molar-refractivity contribution in [1.29, 1.82) is 5.41 Å². The maximum Gasteiger partial charge on any atom is 0.326 e. The van der Waals surface area contributed by atoms with Crippen LogP contribution in [0.5, 0.6) is 0 Å².